The van der Waals surface area contributed by atoms with E-state index in [9.17, 15) is 4.39 Å². The van der Waals surface area contributed by atoms with E-state index in [2.05, 4.69) is 26.1 Å². The zero-order valence-electron chi connectivity index (χ0n) is 13.5. The molecule has 0 saturated carbocycles. The standard InChI is InChI=1S/C17H25FN2S/c1-11-6-7-13(10-14(11)18)12(2)19-16-20-15(8-9-21-16)17(3,4)5/h6-7,10,12,15H,8-9H2,1-5H3,(H,19,20). The van der Waals surface area contributed by atoms with Crippen molar-refractivity contribution in [1.29, 1.82) is 0 Å². The number of rotatable bonds is 2. The molecule has 2 nitrogen and oxygen atoms in total. The summed E-state index contributed by atoms with van der Waals surface area (Å²) in [5, 5.41) is 4.41. The van der Waals surface area contributed by atoms with Gasteiger partial charge in [-0.3, -0.25) is 4.99 Å². The molecule has 0 fully saturated rings. The molecule has 2 atom stereocenters. The fourth-order valence-electron chi connectivity index (χ4n) is 2.36. The van der Waals surface area contributed by atoms with Crippen LogP contribution in [-0.2, 0) is 0 Å². The first-order chi connectivity index (χ1) is 9.77. The molecule has 1 aromatic carbocycles. The van der Waals surface area contributed by atoms with Crippen molar-refractivity contribution in [3.63, 3.8) is 0 Å². The lowest BCUT2D eigenvalue weighted by atomic mass is 9.85. The molecule has 1 heterocycles. The Kier molecular flexibility index (Phi) is 4.97. The number of thioether (sulfide) groups is 1. The van der Waals surface area contributed by atoms with Gasteiger partial charge in [0.05, 0.1) is 12.1 Å². The predicted octanol–water partition coefficient (Wildman–Crippen LogP) is 4.69. The quantitative estimate of drug-likeness (QED) is 0.857. The summed E-state index contributed by atoms with van der Waals surface area (Å²) < 4.78 is 13.7. The number of benzene rings is 1. The highest BCUT2D eigenvalue weighted by molar-refractivity contribution is 8.13. The molecule has 1 aliphatic heterocycles. The third-order valence-corrected chi connectivity index (χ3v) is 4.88. The minimum absolute atomic E-state index is 0.0602. The Morgan fingerprint density at radius 3 is 2.71 bits per heavy atom. The maximum atomic E-state index is 13.7. The maximum absolute atomic E-state index is 13.7. The molecule has 0 aliphatic carbocycles. The Bertz CT molecular complexity index is 534. The second kappa shape index (κ2) is 6.39. The van der Waals surface area contributed by atoms with Gasteiger partial charge in [0.1, 0.15) is 5.82 Å². The van der Waals surface area contributed by atoms with Crippen molar-refractivity contribution in [3.8, 4) is 0 Å². The topological polar surface area (TPSA) is 24.4 Å². The number of hydrogen-bond acceptors (Lipinski definition) is 3. The molecular weight excluding hydrogens is 283 g/mol. The first-order valence-electron chi connectivity index (χ1n) is 7.50. The highest BCUT2D eigenvalue weighted by atomic mass is 32.2. The highest BCUT2D eigenvalue weighted by Crippen LogP contribution is 2.30. The van der Waals surface area contributed by atoms with Crippen LogP contribution < -0.4 is 5.32 Å². The van der Waals surface area contributed by atoms with Crippen molar-refractivity contribution < 1.29 is 4.39 Å². The molecule has 1 N–H and O–H groups in total. The molecule has 2 rings (SSSR count). The minimum atomic E-state index is -0.146. The molecule has 21 heavy (non-hydrogen) atoms. The van der Waals surface area contributed by atoms with Crippen molar-refractivity contribution >= 4 is 16.9 Å². The smallest absolute Gasteiger partial charge is 0.157 e. The lowest BCUT2D eigenvalue weighted by molar-refractivity contribution is 0.315. The van der Waals surface area contributed by atoms with E-state index in [0.29, 0.717) is 11.6 Å². The fraction of sp³-hybridized carbons (Fsp3) is 0.588. The van der Waals surface area contributed by atoms with E-state index in [-0.39, 0.29) is 17.3 Å². The number of nitrogens with one attached hydrogen (secondary N) is 1. The summed E-state index contributed by atoms with van der Waals surface area (Å²) in [6.45, 7) is 10.5. The van der Waals surface area contributed by atoms with Gasteiger partial charge in [-0.05, 0) is 42.9 Å². The Hall–Kier alpha value is -1.03. The van der Waals surface area contributed by atoms with Crippen LogP contribution in [0.5, 0.6) is 0 Å². The van der Waals surface area contributed by atoms with Crippen molar-refractivity contribution in [3.05, 3.63) is 35.1 Å². The second-order valence-corrected chi connectivity index (χ2v) is 7.91. The van der Waals surface area contributed by atoms with Gasteiger partial charge in [-0.15, -0.1) is 0 Å². The van der Waals surface area contributed by atoms with Crippen LogP contribution in [0.1, 0.15) is 51.3 Å². The Balaban J connectivity index is 2.09. The molecule has 0 bridgehead atoms. The molecule has 4 heteroatoms. The van der Waals surface area contributed by atoms with E-state index >= 15 is 0 Å². The fourth-order valence-corrected chi connectivity index (χ4v) is 3.36. The average Bonchev–Trinajstić information content (AvgIpc) is 2.41. The van der Waals surface area contributed by atoms with Crippen LogP contribution >= 0.6 is 11.8 Å². The third kappa shape index (κ3) is 4.22. The lowest BCUT2D eigenvalue weighted by Crippen LogP contribution is -2.34. The molecule has 1 aliphatic rings. The summed E-state index contributed by atoms with van der Waals surface area (Å²) in [4.78, 5) is 4.83. The maximum Gasteiger partial charge on any atom is 0.157 e. The molecule has 0 amide bonds. The van der Waals surface area contributed by atoms with Gasteiger partial charge in [0.2, 0.25) is 0 Å². The van der Waals surface area contributed by atoms with Crippen LogP contribution in [0.4, 0.5) is 4.39 Å². The normalized spacial score (nSPS) is 20.9. The highest BCUT2D eigenvalue weighted by Gasteiger charge is 2.27. The van der Waals surface area contributed by atoms with Crippen molar-refractivity contribution in [2.75, 3.05) is 5.75 Å². The average molecular weight is 308 g/mol. The number of nitrogens with zero attached hydrogens (tertiary/aromatic N) is 1. The summed E-state index contributed by atoms with van der Waals surface area (Å²) >= 11 is 1.76. The minimum Gasteiger partial charge on any atom is -0.358 e. The number of amidine groups is 1. The van der Waals surface area contributed by atoms with E-state index in [4.69, 9.17) is 4.99 Å². The largest absolute Gasteiger partial charge is 0.358 e. The summed E-state index contributed by atoms with van der Waals surface area (Å²) in [7, 11) is 0. The van der Waals surface area contributed by atoms with Gasteiger partial charge in [0.25, 0.3) is 0 Å². The first kappa shape index (κ1) is 16.3. The predicted molar refractivity (Wildman–Crippen MR) is 90.4 cm³/mol. The van der Waals surface area contributed by atoms with Crippen molar-refractivity contribution in [2.24, 2.45) is 10.4 Å². The van der Waals surface area contributed by atoms with Gasteiger partial charge in [0.15, 0.2) is 5.17 Å². The molecule has 0 saturated heterocycles. The molecular formula is C17H25FN2S. The zero-order valence-corrected chi connectivity index (χ0v) is 14.4. The Labute approximate surface area is 131 Å². The second-order valence-electron chi connectivity index (χ2n) is 6.83. The summed E-state index contributed by atoms with van der Waals surface area (Å²) in [6, 6.07) is 5.83. The summed E-state index contributed by atoms with van der Waals surface area (Å²) in [6.07, 6.45) is 1.12. The molecule has 2 unspecified atom stereocenters. The zero-order chi connectivity index (χ0) is 15.6. The number of halogens is 1. The van der Waals surface area contributed by atoms with Gasteiger partial charge >= 0.3 is 0 Å². The van der Waals surface area contributed by atoms with Gasteiger partial charge < -0.3 is 5.32 Å². The van der Waals surface area contributed by atoms with Crippen LogP contribution in [0.25, 0.3) is 0 Å². The number of hydrogen-bond donors (Lipinski definition) is 1. The van der Waals surface area contributed by atoms with E-state index in [0.717, 1.165) is 22.9 Å². The molecule has 0 aromatic heterocycles. The first-order valence-corrected chi connectivity index (χ1v) is 8.49. The van der Waals surface area contributed by atoms with Crippen LogP contribution in [0.15, 0.2) is 23.2 Å². The lowest BCUT2D eigenvalue weighted by Gasteiger charge is -2.31. The van der Waals surface area contributed by atoms with E-state index in [1.807, 2.05) is 19.1 Å². The summed E-state index contributed by atoms with van der Waals surface area (Å²) in [5.74, 6) is 0.940. The molecule has 0 radical (unpaired) electrons. The van der Waals surface area contributed by atoms with Crippen LogP contribution in [0.2, 0.25) is 0 Å². The van der Waals surface area contributed by atoms with Gasteiger partial charge in [-0.25, -0.2) is 4.39 Å². The molecule has 116 valence electrons. The van der Waals surface area contributed by atoms with Gasteiger partial charge in [-0.2, -0.15) is 0 Å². The SMILES string of the molecule is Cc1ccc(C(C)NC2=NC(C(C)(C)C)CCS2)cc1F. The van der Waals surface area contributed by atoms with E-state index in [1.165, 1.54) is 0 Å². The van der Waals surface area contributed by atoms with E-state index in [1.54, 1.807) is 24.8 Å². The van der Waals surface area contributed by atoms with Crippen LogP contribution in [0.3, 0.4) is 0 Å². The molecule has 0 spiro atoms. The number of aryl methyl sites for hydroxylation is 1. The monoisotopic (exact) mass is 308 g/mol. The van der Waals surface area contributed by atoms with Gasteiger partial charge in [-0.1, -0.05) is 44.7 Å². The van der Waals surface area contributed by atoms with Crippen LogP contribution in [-0.4, -0.2) is 17.0 Å². The molecule has 1 aromatic rings. The van der Waals surface area contributed by atoms with Crippen LogP contribution in [0, 0.1) is 18.2 Å². The Morgan fingerprint density at radius 1 is 1.38 bits per heavy atom. The van der Waals surface area contributed by atoms with Crippen molar-refractivity contribution in [1.82, 2.24) is 5.32 Å². The van der Waals surface area contributed by atoms with E-state index < -0.39 is 0 Å². The van der Waals surface area contributed by atoms with Gasteiger partial charge in [0, 0.05) is 5.75 Å². The van der Waals surface area contributed by atoms with Crippen molar-refractivity contribution in [2.45, 2.75) is 53.1 Å². The Morgan fingerprint density at radius 2 is 2.10 bits per heavy atom. The summed E-state index contributed by atoms with van der Waals surface area (Å²) in [5.41, 5.74) is 1.83. The number of aliphatic imine (C=N–C) groups is 1. The third-order valence-electron chi connectivity index (χ3n) is 3.94.